The number of benzene rings is 2. The standard InChI is InChI=1S/C18H21FN2/c1-2-20-12-15-8-5-9-17(19)18(15)21-11-10-14-6-3-4-7-16(14)13-21/h3-9,20H,2,10-13H2,1H3. The first-order chi connectivity index (χ1) is 10.3. The summed E-state index contributed by atoms with van der Waals surface area (Å²) in [5.74, 6) is -0.121. The van der Waals surface area contributed by atoms with Gasteiger partial charge in [0.1, 0.15) is 5.82 Å². The molecule has 0 aliphatic carbocycles. The average molecular weight is 284 g/mol. The number of nitrogens with one attached hydrogen (secondary N) is 1. The van der Waals surface area contributed by atoms with E-state index in [2.05, 4.69) is 41.4 Å². The largest absolute Gasteiger partial charge is 0.364 e. The van der Waals surface area contributed by atoms with Crippen LogP contribution in [0.1, 0.15) is 23.6 Å². The van der Waals surface area contributed by atoms with Crippen molar-refractivity contribution in [2.24, 2.45) is 0 Å². The van der Waals surface area contributed by atoms with Gasteiger partial charge in [-0.3, -0.25) is 0 Å². The van der Waals surface area contributed by atoms with E-state index < -0.39 is 0 Å². The fourth-order valence-electron chi connectivity index (χ4n) is 3.00. The molecule has 0 saturated carbocycles. The summed E-state index contributed by atoms with van der Waals surface area (Å²) < 4.78 is 14.4. The second-order valence-electron chi connectivity index (χ2n) is 5.47. The van der Waals surface area contributed by atoms with Gasteiger partial charge in [0, 0.05) is 19.6 Å². The number of hydrogen-bond donors (Lipinski definition) is 1. The molecule has 0 atom stereocenters. The van der Waals surface area contributed by atoms with E-state index in [9.17, 15) is 4.39 Å². The van der Waals surface area contributed by atoms with Crippen LogP contribution in [0.15, 0.2) is 42.5 Å². The van der Waals surface area contributed by atoms with Crippen LogP contribution in [0.5, 0.6) is 0 Å². The topological polar surface area (TPSA) is 15.3 Å². The third-order valence-corrected chi connectivity index (χ3v) is 4.08. The second-order valence-corrected chi connectivity index (χ2v) is 5.47. The van der Waals surface area contributed by atoms with E-state index >= 15 is 0 Å². The smallest absolute Gasteiger partial charge is 0.146 e. The summed E-state index contributed by atoms with van der Waals surface area (Å²) in [4.78, 5) is 2.17. The molecule has 0 aromatic heterocycles. The number of fused-ring (bicyclic) bond motifs is 1. The number of rotatable bonds is 4. The second kappa shape index (κ2) is 6.27. The highest BCUT2D eigenvalue weighted by atomic mass is 19.1. The molecule has 2 aromatic carbocycles. The highest BCUT2D eigenvalue weighted by molar-refractivity contribution is 5.56. The van der Waals surface area contributed by atoms with Gasteiger partial charge in [0.15, 0.2) is 0 Å². The lowest BCUT2D eigenvalue weighted by molar-refractivity contribution is 0.603. The Morgan fingerprint density at radius 2 is 1.90 bits per heavy atom. The van der Waals surface area contributed by atoms with Crippen LogP contribution in [0.3, 0.4) is 0 Å². The summed E-state index contributed by atoms with van der Waals surface area (Å²) in [6, 6.07) is 13.8. The Morgan fingerprint density at radius 1 is 1.10 bits per heavy atom. The minimum absolute atomic E-state index is 0.121. The predicted octanol–water partition coefficient (Wildman–Crippen LogP) is 3.50. The number of para-hydroxylation sites is 1. The van der Waals surface area contributed by atoms with Crippen LogP contribution in [0.2, 0.25) is 0 Å². The quantitative estimate of drug-likeness (QED) is 0.924. The van der Waals surface area contributed by atoms with Crippen molar-refractivity contribution in [3.05, 3.63) is 65.0 Å². The molecule has 0 radical (unpaired) electrons. The van der Waals surface area contributed by atoms with E-state index in [0.29, 0.717) is 6.54 Å². The Bertz CT molecular complexity index is 624. The summed E-state index contributed by atoms with van der Waals surface area (Å²) in [6.45, 7) is 5.32. The SMILES string of the molecule is CCNCc1cccc(F)c1N1CCc2ccccc2C1. The van der Waals surface area contributed by atoms with E-state index in [1.165, 1.54) is 11.1 Å². The van der Waals surface area contributed by atoms with Crippen LogP contribution >= 0.6 is 0 Å². The maximum atomic E-state index is 14.4. The van der Waals surface area contributed by atoms with Gasteiger partial charge < -0.3 is 10.2 Å². The fourth-order valence-corrected chi connectivity index (χ4v) is 3.00. The Morgan fingerprint density at radius 3 is 2.71 bits per heavy atom. The Kier molecular flexibility index (Phi) is 4.20. The molecule has 2 nitrogen and oxygen atoms in total. The molecule has 2 aromatic rings. The Hall–Kier alpha value is -1.87. The lowest BCUT2D eigenvalue weighted by Gasteiger charge is -2.32. The van der Waals surface area contributed by atoms with E-state index in [-0.39, 0.29) is 5.82 Å². The van der Waals surface area contributed by atoms with Gasteiger partial charge in [-0.25, -0.2) is 4.39 Å². The van der Waals surface area contributed by atoms with Crippen LogP contribution in [-0.4, -0.2) is 13.1 Å². The minimum Gasteiger partial charge on any atom is -0.364 e. The lowest BCUT2D eigenvalue weighted by atomic mass is 9.98. The molecule has 3 heteroatoms. The van der Waals surface area contributed by atoms with Crippen molar-refractivity contribution in [1.82, 2.24) is 5.32 Å². The molecule has 3 rings (SSSR count). The van der Waals surface area contributed by atoms with Crippen molar-refractivity contribution >= 4 is 5.69 Å². The minimum atomic E-state index is -0.121. The van der Waals surface area contributed by atoms with Gasteiger partial charge in [-0.15, -0.1) is 0 Å². The predicted molar refractivity (Wildman–Crippen MR) is 85.0 cm³/mol. The molecule has 21 heavy (non-hydrogen) atoms. The zero-order chi connectivity index (χ0) is 14.7. The molecule has 1 heterocycles. The molecule has 110 valence electrons. The maximum Gasteiger partial charge on any atom is 0.146 e. The number of hydrogen-bond acceptors (Lipinski definition) is 2. The van der Waals surface area contributed by atoms with Crippen molar-refractivity contribution < 1.29 is 4.39 Å². The Labute approximate surface area is 125 Å². The number of nitrogens with zero attached hydrogens (tertiary/aromatic N) is 1. The molecule has 0 amide bonds. The van der Waals surface area contributed by atoms with Crippen molar-refractivity contribution in [3.63, 3.8) is 0 Å². The van der Waals surface area contributed by atoms with Gasteiger partial charge >= 0.3 is 0 Å². The summed E-state index contributed by atoms with van der Waals surface area (Å²) in [6.07, 6.45) is 0.977. The van der Waals surface area contributed by atoms with Gasteiger partial charge in [0.2, 0.25) is 0 Å². The van der Waals surface area contributed by atoms with Gasteiger partial charge in [0.05, 0.1) is 5.69 Å². The maximum absolute atomic E-state index is 14.4. The van der Waals surface area contributed by atoms with Crippen LogP contribution in [0, 0.1) is 5.82 Å². The molecule has 0 fully saturated rings. The third-order valence-electron chi connectivity index (χ3n) is 4.08. The van der Waals surface area contributed by atoms with Gasteiger partial charge in [-0.2, -0.15) is 0 Å². The average Bonchev–Trinajstić information content (AvgIpc) is 2.52. The number of halogens is 1. The molecule has 0 spiro atoms. The fraction of sp³-hybridized carbons (Fsp3) is 0.333. The van der Waals surface area contributed by atoms with Crippen molar-refractivity contribution in [2.45, 2.75) is 26.4 Å². The van der Waals surface area contributed by atoms with Crippen molar-refractivity contribution in [3.8, 4) is 0 Å². The molecular formula is C18H21FN2. The zero-order valence-electron chi connectivity index (χ0n) is 12.4. The molecule has 1 aliphatic rings. The Balaban J connectivity index is 1.91. The van der Waals surface area contributed by atoms with E-state index in [4.69, 9.17) is 0 Å². The summed E-state index contributed by atoms with van der Waals surface area (Å²) in [7, 11) is 0. The zero-order valence-corrected chi connectivity index (χ0v) is 12.4. The van der Waals surface area contributed by atoms with Crippen LogP contribution < -0.4 is 10.2 Å². The van der Waals surface area contributed by atoms with Crippen LogP contribution in [0.4, 0.5) is 10.1 Å². The highest BCUT2D eigenvalue weighted by Crippen LogP contribution is 2.29. The van der Waals surface area contributed by atoms with Crippen molar-refractivity contribution in [1.29, 1.82) is 0 Å². The molecule has 0 saturated heterocycles. The van der Waals surface area contributed by atoms with Gasteiger partial charge in [-0.1, -0.05) is 43.3 Å². The van der Waals surface area contributed by atoms with Crippen LogP contribution in [-0.2, 0) is 19.5 Å². The molecular weight excluding hydrogens is 263 g/mol. The van der Waals surface area contributed by atoms with E-state index in [0.717, 1.165) is 37.3 Å². The van der Waals surface area contributed by atoms with Crippen molar-refractivity contribution in [2.75, 3.05) is 18.0 Å². The van der Waals surface area contributed by atoms with Gasteiger partial charge in [0.25, 0.3) is 0 Å². The lowest BCUT2D eigenvalue weighted by Crippen LogP contribution is -2.32. The summed E-state index contributed by atoms with van der Waals surface area (Å²) >= 11 is 0. The van der Waals surface area contributed by atoms with E-state index in [1.54, 1.807) is 12.1 Å². The molecule has 1 N–H and O–H groups in total. The highest BCUT2D eigenvalue weighted by Gasteiger charge is 2.21. The molecule has 0 bridgehead atoms. The summed E-state index contributed by atoms with van der Waals surface area (Å²) in [5, 5.41) is 3.30. The number of anilines is 1. The van der Waals surface area contributed by atoms with Crippen LogP contribution in [0.25, 0.3) is 0 Å². The summed E-state index contributed by atoms with van der Waals surface area (Å²) in [5.41, 5.74) is 4.49. The first kappa shape index (κ1) is 14.1. The monoisotopic (exact) mass is 284 g/mol. The molecule has 0 unspecified atom stereocenters. The third kappa shape index (κ3) is 2.93. The first-order valence-electron chi connectivity index (χ1n) is 7.59. The molecule has 1 aliphatic heterocycles. The normalized spacial score (nSPS) is 14.1. The first-order valence-corrected chi connectivity index (χ1v) is 7.59. The van der Waals surface area contributed by atoms with E-state index in [1.807, 2.05) is 6.07 Å². The van der Waals surface area contributed by atoms with Gasteiger partial charge in [-0.05, 0) is 35.7 Å².